The van der Waals surface area contributed by atoms with Crippen LogP contribution in [0.1, 0.15) is 49.2 Å². The van der Waals surface area contributed by atoms with E-state index in [0.717, 1.165) is 12.1 Å². The van der Waals surface area contributed by atoms with Crippen molar-refractivity contribution < 1.29 is 9.90 Å². The Morgan fingerprint density at radius 3 is 2.60 bits per heavy atom. The fourth-order valence-corrected chi connectivity index (χ4v) is 1.99. The van der Waals surface area contributed by atoms with Crippen LogP contribution in [0, 0.1) is 0 Å². The summed E-state index contributed by atoms with van der Waals surface area (Å²) in [6, 6.07) is 3.60. The minimum Gasteiger partial charge on any atom is -0.395 e. The van der Waals surface area contributed by atoms with Gasteiger partial charge in [-0.2, -0.15) is 0 Å². The summed E-state index contributed by atoms with van der Waals surface area (Å²) in [4.78, 5) is 18.7. The second-order valence-electron chi connectivity index (χ2n) is 5.09. The molecular formula is C15H25N3O2. The van der Waals surface area contributed by atoms with Crippen molar-refractivity contribution >= 4 is 11.7 Å². The molecule has 1 rings (SSSR count). The van der Waals surface area contributed by atoms with E-state index in [1.54, 1.807) is 18.0 Å². The van der Waals surface area contributed by atoms with Gasteiger partial charge in [0.15, 0.2) is 0 Å². The number of carbonyl (C=O) groups is 1. The van der Waals surface area contributed by atoms with Gasteiger partial charge in [-0.3, -0.25) is 4.79 Å². The molecular weight excluding hydrogens is 254 g/mol. The third kappa shape index (κ3) is 4.20. The van der Waals surface area contributed by atoms with E-state index in [-0.39, 0.29) is 18.4 Å². The number of nitrogens with one attached hydrogen (secondary N) is 1. The van der Waals surface area contributed by atoms with E-state index in [0.29, 0.717) is 24.5 Å². The summed E-state index contributed by atoms with van der Waals surface area (Å²) in [7, 11) is 1.79. The molecule has 5 heteroatoms. The Hall–Kier alpha value is -1.62. The zero-order valence-electron chi connectivity index (χ0n) is 12.8. The number of nitrogens with zero attached hydrogens (tertiary/aromatic N) is 2. The minimum atomic E-state index is -0.0540. The zero-order valence-corrected chi connectivity index (χ0v) is 12.8. The molecule has 2 N–H and O–H groups in total. The molecule has 0 aromatic carbocycles. The van der Waals surface area contributed by atoms with Crippen molar-refractivity contribution in [2.24, 2.45) is 0 Å². The molecule has 0 radical (unpaired) electrons. The summed E-state index contributed by atoms with van der Waals surface area (Å²) in [5.74, 6) is 0.897. The van der Waals surface area contributed by atoms with Gasteiger partial charge in [-0.15, -0.1) is 0 Å². The maximum atomic E-state index is 12.5. The number of amides is 1. The quantitative estimate of drug-likeness (QED) is 0.802. The van der Waals surface area contributed by atoms with E-state index in [2.05, 4.69) is 10.3 Å². The van der Waals surface area contributed by atoms with Gasteiger partial charge in [0.25, 0.3) is 5.91 Å². The number of hydrogen-bond donors (Lipinski definition) is 2. The van der Waals surface area contributed by atoms with Crippen LogP contribution in [0.3, 0.4) is 0 Å². The molecule has 0 aliphatic rings. The lowest BCUT2D eigenvalue weighted by atomic mass is 10.1. The average Bonchev–Trinajstić information content (AvgIpc) is 2.45. The van der Waals surface area contributed by atoms with Gasteiger partial charge in [-0.25, -0.2) is 4.98 Å². The van der Waals surface area contributed by atoms with Crippen LogP contribution in [-0.2, 0) is 0 Å². The summed E-state index contributed by atoms with van der Waals surface area (Å²) in [6.45, 7) is 7.10. The standard InChI is InChI=1S/C15H25N3O2/c1-5-6-18(7-8-19)15(20)12-9-13(11(2)3)17-14(10-12)16-4/h9-11,19H,5-8H2,1-4H3,(H,16,17). The fourth-order valence-electron chi connectivity index (χ4n) is 1.99. The Bertz CT molecular complexity index is 441. The monoisotopic (exact) mass is 279 g/mol. The number of aromatic nitrogens is 1. The van der Waals surface area contributed by atoms with Crippen molar-refractivity contribution in [1.82, 2.24) is 9.88 Å². The third-order valence-corrected chi connectivity index (χ3v) is 3.09. The van der Waals surface area contributed by atoms with Crippen LogP contribution in [-0.4, -0.2) is 47.6 Å². The molecule has 112 valence electrons. The van der Waals surface area contributed by atoms with E-state index in [9.17, 15) is 4.79 Å². The lowest BCUT2D eigenvalue weighted by Gasteiger charge is -2.22. The first-order valence-electron chi connectivity index (χ1n) is 7.13. The topological polar surface area (TPSA) is 65.5 Å². The second kappa shape index (κ2) is 7.85. The van der Waals surface area contributed by atoms with Crippen molar-refractivity contribution in [3.63, 3.8) is 0 Å². The summed E-state index contributed by atoms with van der Waals surface area (Å²) in [6.07, 6.45) is 0.868. The van der Waals surface area contributed by atoms with Crippen molar-refractivity contribution in [1.29, 1.82) is 0 Å². The number of pyridine rings is 1. The van der Waals surface area contributed by atoms with Crippen LogP contribution in [0.2, 0.25) is 0 Å². The largest absolute Gasteiger partial charge is 0.395 e. The van der Waals surface area contributed by atoms with Crippen LogP contribution < -0.4 is 5.32 Å². The van der Waals surface area contributed by atoms with Gasteiger partial charge in [0, 0.05) is 31.4 Å². The number of carbonyl (C=O) groups excluding carboxylic acids is 1. The SMILES string of the molecule is CCCN(CCO)C(=O)c1cc(NC)nc(C(C)C)c1. The molecule has 1 amide bonds. The van der Waals surface area contributed by atoms with Crippen LogP contribution in [0.25, 0.3) is 0 Å². The third-order valence-electron chi connectivity index (χ3n) is 3.09. The van der Waals surface area contributed by atoms with Gasteiger partial charge < -0.3 is 15.3 Å². The van der Waals surface area contributed by atoms with Crippen LogP contribution in [0.15, 0.2) is 12.1 Å². The van der Waals surface area contributed by atoms with E-state index in [1.807, 2.05) is 26.8 Å². The van der Waals surface area contributed by atoms with Gasteiger partial charge >= 0.3 is 0 Å². The van der Waals surface area contributed by atoms with Gasteiger partial charge in [-0.05, 0) is 24.5 Å². The Morgan fingerprint density at radius 2 is 2.10 bits per heavy atom. The zero-order chi connectivity index (χ0) is 15.1. The molecule has 0 unspecified atom stereocenters. The van der Waals surface area contributed by atoms with Crippen molar-refractivity contribution in [2.75, 3.05) is 32.1 Å². The fraction of sp³-hybridized carbons (Fsp3) is 0.600. The number of anilines is 1. The molecule has 0 atom stereocenters. The minimum absolute atomic E-state index is 0.0211. The normalized spacial score (nSPS) is 10.7. The van der Waals surface area contributed by atoms with Gasteiger partial charge in [0.2, 0.25) is 0 Å². The Balaban J connectivity index is 3.09. The van der Waals surface area contributed by atoms with Crippen LogP contribution in [0.5, 0.6) is 0 Å². The molecule has 0 saturated heterocycles. The van der Waals surface area contributed by atoms with E-state index in [1.165, 1.54) is 0 Å². The molecule has 0 aliphatic heterocycles. The summed E-state index contributed by atoms with van der Waals surface area (Å²) in [5, 5.41) is 12.1. The second-order valence-corrected chi connectivity index (χ2v) is 5.09. The first-order chi connectivity index (χ1) is 9.53. The summed E-state index contributed by atoms with van der Waals surface area (Å²) < 4.78 is 0. The first kappa shape index (κ1) is 16.4. The van der Waals surface area contributed by atoms with Gasteiger partial charge in [0.05, 0.1) is 6.61 Å². The van der Waals surface area contributed by atoms with Crippen LogP contribution >= 0.6 is 0 Å². The maximum Gasteiger partial charge on any atom is 0.254 e. The van der Waals surface area contributed by atoms with E-state index >= 15 is 0 Å². The van der Waals surface area contributed by atoms with Crippen molar-refractivity contribution in [2.45, 2.75) is 33.1 Å². The first-order valence-corrected chi connectivity index (χ1v) is 7.13. The lowest BCUT2D eigenvalue weighted by molar-refractivity contribution is 0.0722. The number of hydrogen-bond acceptors (Lipinski definition) is 4. The molecule has 0 aliphatic carbocycles. The molecule has 1 heterocycles. The molecule has 0 spiro atoms. The van der Waals surface area contributed by atoms with Crippen LogP contribution in [0.4, 0.5) is 5.82 Å². The molecule has 20 heavy (non-hydrogen) atoms. The molecule has 0 bridgehead atoms. The Morgan fingerprint density at radius 1 is 1.40 bits per heavy atom. The van der Waals surface area contributed by atoms with Gasteiger partial charge in [0.1, 0.15) is 5.82 Å². The lowest BCUT2D eigenvalue weighted by Crippen LogP contribution is -2.34. The summed E-state index contributed by atoms with van der Waals surface area (Å²) >= 11 is 0. The highest BCUT2D eigenvalue weighted by Crippen LogP contribution is 2.18. The number of aliphatic hydroxyl groups is 1. The van der Waals surface area contributed by atoms with Crippen molar-refractivity contribution in [3.8, 4) is 0 Å². The van der Waals surface area contributed by atoms with E-state index in [4.69, 9.17) is 5.11 Å². The Labute approximate surface area is 121 Å². The molecule has 0 fully saturated rings. The molecule has 0 saturated carbocycles. The van der Waals surface area contributed by atoms with Gasteiger partial charge in [-0.1, -0.05) is 20.8 Å². The number of rotatable bonds is 7. The van der Waals surface area contributed by atoms with Crippen molar-refractivity contribution in [3.05, 3.63) is 23.4 Å². The Kier molecular flexibility index (Phi) is 6.45. The predicted octanol–water partition coefficient (Wildman–Crippen LogP) is 2.09. The predicted molar refractivity (Wildman–Crippen MR) is 81.2 cm³/mol. The highest BCUT2D eigenvalue weighted by atomic mass is 16.3. The average molecular weight is 279 g/mol. The van der Waals surface area contributed by atoms with E-state index < -0.39 is 0 Å². The maximum absolute atomic E-state index is 12.5. The highest BCUT2D eigenvalue weighted by Gasteiger charge is 2.17. The molecule has 5 nitrogen and oxygen atoms in total. The summed E-state index contributed by atoms with van der Waals surface area (Å²) in [5.41, 5.74) is 1.51. The highest BCUT2D eigenvalue weighted by molar-refractivity contribution is 5.95. The number of aliphatic hydroxyl groups excluding tert-OH is 1. The smallest absolute Gasteiger partial charge is 0.254 e. The molecule has 1 aromatic heterocycles. The molecule has 1 aromatic rings.